The van der Waals surface area contributed by atoms with Gasteiger partial charge in [-0.2, -0.15) is 0 Å². The topological polar surface area (TPSA) is 88.1 Å². The Balaban J connectivity index is 2.38. The van der Waals surface area contributed by atoms with E-state index < -0.39 is 24.5 Å². The van der Waals surface area contributed by atoms with Gasteiger partial charge in [0, 0.05) is 12.2 Å². The highest BCUT2D eigenvalue weighted by atomic mass is 16.6. The summed E-state index contributed by atoms with van der Waals surface area (Å²) in [6.07, 6.45) is 1.75. The molecule has 0 radical (unpaired) electrons. The molecule has 0 amide bonds. The molecule has 7 heteroatoms. The third kappa shape index (κ3) is 6.56. The molecule has 0 aliphatic rings. The van der Waals surface area contributed by atoms with Gasteiger partial charge in [-0.15, -0.1) is 0 Å². The fourth-order valence-electron chi connectivity index (χ4n) is 1.31. The van der Waals surface area contributed by atoms with Crippen molar-refractivity contribution in [2.24, 2.45) is 0 Å². The van der Waals surface area contributed by atoms with Crippen molar-refractivity contribution in [2.45, 2.75) is 6.92 Å². The van der Waals surface area contributed by atoms with Crippen molar-refractivity contribution >= 4 is 17.9 Å². The average molecular weight is 308 g/mol. The van der Waals surface area contributed by atoms with E-state index >= 15 is 0 Å². The van der Waals surface area contributed by atoms with Crippen LogP contribution in [0.4, 0.5) is 0 Å². The summed E-state index contributed by atoms with van der Waals surface area (Å²) >= 11 is 0. The fraction of sp³-hybridized carbons (Fsp3) is 0.267. The van der Waals surface area contributed by atoms with Gasteiger partial charge in [-0.25, -0.2) is 14.4 Å². The van der Waals surface area contributed by atoms with Gasteiger partial charge >= 0.3 is 17.9 Å². The molecule has 0 N–H and O–H groups in total. The van der Waals surface area contributed by atoms with Crippen LogP contribution >= 0.6 is 0 Å². The van der Waals surface area contributed by atoms with E-state index in [2.05, 4.69) is 9.47 Å². The standard InChI is InChI=1S/C15H16O7/c1-3-20-11-4-6-12(7-5-11)22-15(18)10-21-14(17)9-8-13(16)19-2/h4-9H,3,10H2,1-2H3/b9-8-. The van der Waals surface area contributed by atoms with E-state index in [-0.39, 0.29) is 0 Å². The number of rotatable bonds is 7. The molecule has 0 bridgehead atoms. The molecule has 0 unspecified atom stereocenters. The van der Waals surface area contributed by atoms with E-state index in [9.17, 15) is 14.4 Å². The summed E-state index contributed by atoms with van der Waals surface area (Å²) < 4.78 is 19.1. The van der Waals surface area contributed by atoms with E-state index in [4.69, 9.17) is 9.47 Å². The number of hydrogen-bond acceptors (Lipinski definition) is 7. The summed E-state index contributed by atoms with van der Waals surface area (Å²) in [4.78, 5) is 33.4. The molecule has 0 aliphatic heterocycles. The number of esters is 3. The van der Waals surface area contributed by atoms with Crippen LogP contribution < -0.4 is 9.47 Å². The first-order valence-electron chi connectivity index (χ1n) is 6.41. The summed E-state index contributed by atoms with van der Waals surface area (Å²) in [5.74, 6) is -1.34. The first-order chi connectivity index (χ1) is 10.5. The Morgan fingerprint density at radius 2 is 1.59 bits per heavy atom. The van der Waals surface area contributed by atoms with Gasteiger partial charge in [0.05, 0.1) is 13.7 Å². The van der Waals surface area contributed by atoms with E-state index in [1.807, 2.05) is 6.92 Å². The summed E-state index contributed by atoms with van der Waals surface area (Å²) in [5.41, 5.74) is 0. The van der Waals surface area contributed by atoms with E-state index in [0.29, 0.717) is 18.1 Å². The molecule has 0 fully saturated rings. The highest BCUT2D eigenvalue weighted by Crippen LogP contribution is 2.17. The minimum atomic E-state index is -0.853. The largest absolute Gasteiger partial charge is 0.494 e. The first-order valence-corrected chi connectivity index (χ1v) is 6.41. The van der Waals surface area contributed by atoms with Gasteiger partial charge in [-0.05, 0) is 31.2 Å². The maximum Gasteiger partial charge on any atom is 0.349 e. The van der Waals surface area contributed by atoms with Gasteiger partial charge in [0.15, 0.2) is 6.61 Å². The van der Waals surface area contributed by atoms with Crippen LogP contribution in [0, 0.1) is 0 Å². The highest BCUT2D eigenvalue weighted by Gasteiger charge is 2.08. The molecule has 7 nitrogen and oxygen atoms in total. The lowest BCUT2D eigenvalue weighted by molar-refractivity contribution is -0.150. The molecule has 0 spiro atoms. The molecule has 118 valence electrons. The third-order valence-electron chi connectivity index (χ3n) is 2.26. The summed E-state index contributed by atoms with van der Waals surface area (Å²) in [5, 5.41) is 0. The number of carbonyl (C=O) groups is 3. The Bertz CT molecular complexity index is 546. The predicted octanol–water partition coefficient (Wildman–Crippen LogP) is 1.26. The zero-order chi connectivity index (χ0) is 16.4. The third-order valence-corrected chi connectivity index (χ3v) is 2.26. The van der Waals surface area contributed by atoms with Crippen molar-refractivity contribution in [1.29, 1.82) is 0 Å². The Morgan fingerprint density at radius 1 is 1.00 bits per heavy atom. The lowest BCUT2D eigenvalue weighted by Gasteiger charge is -2.06. The summed E-state index contributed by atoms with van der Waals surface area (Å²) in [6, 6.07) is 6.41. The zero-order valence-corrected chi connectivity index (χ0v) is 12.2. The second-order valence-corrected chi connectivity index (χ2v) is 3.84. The lowest BCUT2D eigenvalue weighted by Crippen LogP contribution is -2.18. The average Bonchev–Trinajstić information content (AvgIpc) is 2.52. The van der Waals surface area contributed by atoms with Crippen LogP contribution in [0.5, 0.6) is 11.5 Å². The maximum absolute atomic E-state index is 11.5. The van der Waals surface area contributed by atoms with Crippen molar-refractivity contribution in [3.63, 3.8) is 0 Å². The number of benzene rings is 1. The van der Waals surface area contributed by atoms with Crippen LogP contribution in [0.3, 0.4) is 0 Å². The van der Waals surface area contributed by atoms with Crippen molar-refractivity contribution in [3.8, 4) is 11.5 Å². The minimum Gasteiger partial charge on any atom is -0.494 e. The van der Waals surface area contributed by atoms with Crippen molar-refractivity contribution in [3.05, 3.63) is 36.4 Å². The Hall–Kier alpha value is -2.83. The summed E-state index contributed by atoms with van der Waals surface area (Å²) in [7, 11) is 1.17. The lowest BCUT2D eigenvalue weighted by atomic mass is 10.3. The quantitative estimate of drug-likeness (QED) is 0.425. The molecular formula is C15H16O7. The molecular weight excluding hydrogens is 292 g/mol. The van der Waals surface area contributed by atoms with Crippen LogP contribution in [-0.4, -0.2) is 38.2 Å². The van der Waals surface area contributed by atoms with Gasteiger partial charge in [0.1, 0.15) is 11.5 Å². The fourth-order valence-corrected chi connectivity index (χ4v) is 1.31. The number of hydrogen-bond donors (Lipinski definition) is 0. The van der Waals surface area contributed by atoms with Crippen LogP contribution in [0.1, 0.15) is 6.92 Å². The van der Waals surface area contributed by atoms with Gasteiger partial charge in [-0.3, -0.25) is 0 Å². The molecule has 0 atom stereocenters. The zero-order valence-electron chi connectivity index (χ0n) is 12.2. The van der Waals surface area contributed by atoms with E-state index in [0.717, 1.165) is 12.2 Å². The minimum absolute atomic E-state index is 0.301. The normalized spacial score (nSPS) is 10.1. The number of methoxy groups -OCH3 is 1. The van der Waals surface area contributed by atoms with Gasteiger partial charge < -0.3 is 18.9 Å². The molecule has 1 aromatic rings. The molecule has 0 saturated heterocycles. The molecule has 22 heavy (non-hydrogen) atoms. The van der Waals surface area contributed by atoms with Crippen LogP contribution in [0.2, 0.25) is 0 Å². The highest BCUT2D eigenvalue weighted by molar-refractivity contribution is 5.92. The molecule has 0 saturated carbocycles. The Morgan fingerprint density at radius 3 is 2.18 bits per heavy atom. The maximum atomic E-state index is 11.5. The van der Waals surface area contributed by atoms with E-state index in [1.165, 1.54) is 7.11 Å². The van der Waals surface area contributed by atoms with Crippen LogP contribution in [0.25, 0.3) is 0 Å². The Kier molecular flexibility index (Phi) is 7.18. The predicted molar refractivity (Wildman–Crippen MR) is 75.4 cm³/mol. The van der Waals surface area contributed by atoms with Crippen molar-refractivity contribution in [1.82, 2.24) is 0 Å². The van der Waals surface area contributed by atoms with Crippen molar-refractivity contribution in [2.75, 3.05) is 20.3 Å². The van der Waals surface area contributed by atoms with Gasteiger partial charge in [0.25, 0.3) is 0 Å². The van der Waals surface area contributed by atoms with Crippen molar-refractivity contribution < 1.29 is 33.3 Å². The van der Waals surface area contributed by atoms with Crippen LogP contribution in [-0.2, 0) is 23.9 Å². The number of ether oxygens (including phenoxy) is 4. The van der Waals surface area contributed by atoms with Crippen LogP contribution in [0.15, 0.2) is 36.4 Å². The van der Waals surface area contributed by atoms with Gasteiger partial charge in [-0.1, -0.05) is 0 Å². The SMILES string of the molecule is CCOc1ccc(OC(=O)COC(=O)/C=C\C(=O)OC)cc1. The Labute approximate surface area is 127 Å². The molecule has 0 aromatic heterocycles. The molecule has 0 aliphatic carbocycles. The van der Waals surface area contributed by atoms with Gasteiger partial charge in [0.2, 0.25) is 0 Å². The summed E-state index contributed by atoms with van der Waals surface area (Å²) in [6.45, 7) is 1.82. The monoisotopic (exact) mass is 308 g/mol. The van der Waals surface area contributed by atoms with E-state index in [1.54, 1.807) is 24.3 Å². The number of carbonyl (C=O) groups excluding carboxylic acids is 3. The molecule has 0 heterocycles. The second kappa shape index (κ2) is 9.17. The first kappa shape index (κ1) is 17.2. The molecule has 1 aromatic carbocycles. The molecule has 1 rings (SSSR count). The smallest absolute Gasteiger partial charge is 0.349 e. The second-order valence-electron chi connectivity index (χ2n) is 3.84.